The third-order valence-electron chi connectivity index (χ3n) is 3.98. The predicted molar refractivity (Wildman–Crippen MR) is 76.6 cm³/mol. The van der Waals surface area contributed by atoms with Gasteiger partial charge >= 0.3 is 0 Å². The standard InChI is InChI=1S/C16H18FN3O/c17-14-7-4-9-18-16(14)15(21)11-12-8-10-20(19-12)13-5-2-1-3-6-13/h4,7-10,13H,1-3,5-6,11H2. The minimum Gasteiger partial charge on any atom is -0.292 e. The minimum atomic E-state index is -0.575. The first kappa shape index (κ1) is 13.9. The van der Waals surface area contributed by atoms with Gasteiger partial charge in [0.05, 0.1) is 18.2 Å². The summed E-state index contributed by atoms with van der Waals surface area (Å²) >= 11 is 0. The van der Waals surface area contributed by atoms with E-state index in [9.17, 15) is 9.18 Å². The molecular weight excluding hydrogens is 269 g/mol. The smallest absolute Gasteiger partial charge is 0.190 e. The third kappa shape index (κ3) is 3.17. The SMILES string of the molecule is O=C(Cc1ccn(C2CCCCC2)n1)c1ncccc1F. The van der Waals surface area contributed by atoms with Crippen molar-refractivity contribution in [1.29, 1.82) is 0 Å². The Morgan fingerprint density at radius 2 is 2.10 bits per heavy atom. The van der Waals surface area contributed by atoms with Crippen LogP contribution < -0.4 is 0 Å². The molecule has 2 aromatic rings. The summed E-state index contributed by atoms with van der Waals surface area (Å²) in [7, 11) is 0. The molecule has 1 aliphatic rings. The summed E-state index contributed by atoms with van der Waals surface area (Å²) in [5.74, 6) is -0.906. The highest BCUT2D eigenvalue weighted by Gasteiger charge is 2.18. The van der Waals surface area contributed by atoms with Crippen molar-refractivity contribution in [1.82, 2.24) is 14.8 Å². The number of aromatic nitrogens is 3. The van der Waals surface area contributed by atoms with Crippen LogP contribution in [0.2, 0.25) is 0 Å². The number of nitrogens with zero attached hydrogens (tertiary/aromatic N) is 3. The second kappa shape index (κ2) is 6.16. The average molecular weight is 287 g/mol. The Bertz CT molecular complexity index is 632. The molecule has 0 aromatic carbocycles. The molecule has 0 N–H and O–H groups in total. The number of halogens is 1. The van der Waals surface area contributed by atoms with Crippen LogP contribution in [0.3, 0.4) is 0 Å². The topological polar surface area (TPSA) is 47.8 Å². The van der Waals surface area contributed by atoms with Crippen molar-refractivity contribution >= 4 is 5.78 Å². The van der Waals surface area contributed by atoms with Gasteiger partial charge in [0.2, 0.25) is 0 Å². The van der Waals surface area contributed by atoms with Gasteiger partial charge in [0.25, 0.3) is 0 Å². The quantitative estimate of drug-likeness (QED) is 0.810. The lowest BCUT2D eigenvalue weighted by Gasteiger charge is -2.21. The molecule has 21 heavy (non-hydrogen) atoms. The Morgan fingerprint density at radius 3 is 2.86 bits per heavy atom. The number of hydrogen-bond donors (Lipinski definition) is 0. The van der Waals surface area contributed by atoms with Crippen LogP contribution in [0.5, 0.6) is 0 Å². The van der Waals surface area contributed by atoms with E-state index in [1.165, 1.54) is 37.6 Å². The number of Topliss-reactive ketones (excluding diaryl/α,β-unsaturated/α-hetero) is 1. The fourth-order valence-electron chi connectivity index (χ4n) is 2.86. The first-order chi connectivity index (χ1) is 10.2. The summed E-state index contributed by atoms with van der Waals surface area (Å²) < 4.78 is 15.5. The van der Waals surface area contributed by atoms with Crippen molar-refractivity contribution in [3.63, 3.8) is 0 Å². The Labute approximate surface area is 123 Å². The van der Waals surface area contributed by atoms with Crippen LogP contribution in [0.15, 0.2) is 30.6 Å². The van der Waals surface area contributed by atoms with Crippen molar-refractivity contribution in [2.75, 3.05) is 0 Å². The summed E-state index contributed by atoms with van der Waals surface area (Å²) in [6.45, 7) is 0. The summed E-state index contributed by atoms with van der Waals surface area (Å²) in [6.07, 6.45) is 9.49. The molecule has 2 aromatic heterocycles. The Morgan fingerprint density at radius 1 is 1.29 bits per heavy atom. The molecule has 0 saturated heterocycles. The summed E-state index contributed by atoms with van der Waals surface area (Å²) in [5, 5.41) is 4.47. The van der Waals surface area contributed by atoms with Crippen molar-refractivity contribution in [3.8, 4) is 0 Å². The lowest BCUT2D eigenvalue weighted by Crippen LogP contribution is -2.14. The number of carbonyl (C=O) groups excluding carboxylic acids is 1. The van der Waals surface area contributed by atoms with Gasteiger partial charge in [-0.25, -0.2) is 4.39 Å². The van der Waals surface area contributed by atoms with Crippen LogP contribution in [0.25, 0.3) is 0 Å². The largest absolute Gasteiger partial charge is 0.292 e. The molecule has 0 radical (unpaired) electrons. The van der Waals surface area contributed by atoms with Gasteiger partial charge in [0.15, 0.2) is 11.6 Å². The van der Waals surface area contributed by atoms with Gasteiger partial charge in [-0.15, -0.1) is 0 Å². The molecule has 0 bridgehead atoms. The first-order valence-corrected chi connectivity index (χ1v) is 7.42. The molecule has 110 valence electrons. The number of hydrogen-bond acceptors (Lipinski definition) is 3. The molecule has 0 atom stereocenters. The van der Waals surface area contributed by atoms with E-state index in [4.69, 9.17) is 0 Å². The van der Waals surface area contributed by atoms with Crippen LogP contribution in [0.4, 0.5) is 4.39 Å². The molecule has 3 rings (SSSR count). The number of ketones is 1. The van der Waals surface area contributed by atoms with Crippen LogP contribution in [0.1, 0.15) is 54.3 Å². The summed E-state index contributed by atoms with van der Waals surface area (Å²) in [6, 6.07) is 5.01. The van der Waals surface area contributed by atoms with Gasteiger partial charge in [0, 0.05) is 12.4 Å². The summed E-state index contributed by atoms with van der Waals surface area (Å²) in [5.41, 5.74) is 0.570. The highest BCUT2D eigenvalue weighted by Crippen LogP contribution is 2.27. The van der Waals surface area contributed by atoms with Gasteiger partial charge in [-0.1, -0.05) is 19.3 Å². The van der Waals surface area contributed by atoms with E-state index in [-0.39, 0.29) is 17.9 Å². The van der Waals surface area contributed by atoms with Gasteiger partial charge in [0.1, 0.15) is 5.69 Å². The van der Waals surface area contributed by atoms with E-state index < -0.39 is 5.82 Å². The van der Waals surface area contributed by atoms with Crippen molar-refractivity contribution in [2.24, 2.45) is 0 Å². The molecule has 2 heterocycles. The first-order valence-electron chi connectivity index (χ1n) is 7.42. The molecule has 5 heteroatoms. The highest BCUT2D eigenvalue weighted by molar-refractivity contribution is 5.95. The second-order valence-electron chi connectivity index (χ2n) is 5.51. The van der Waals surface area contributed by atoms with Gasteiger partial charge in [-0.2, -0.15) is 5.10 Å². The molecule has 0 unspecified atom stereocenters. The second-order valence-corrected chi connectivity index (χ2v) is 5.51. The molecule has 1 fully saturated rings. The minimum absolute atomic E-state index is 0.0909. The van der Waals surface area contributed by atoms with Crippen LogP contribution in [-0.4, -0.2) is 20.5 Å². The maximum Gasteiger partial charge on any atom is 0.190 e. The van der Waals surface area contributed by atoms with E-state index >= 15 is 0 Å². The van der Waals surface area contributed by atoms with Crippen LogP contribution in [0, 0.1) is 5.82 Å². The third-order valence-corrected chi connectivity index (χ3v) is 3.98. The Balaban J connectivity index is 1.69. The molecule has 0 amide bonds. The van der Waals surface area contributed by atoms with Gasteiger partial charge in [-0.05, 0) is 31.0 Å². The lowest BCUT2D eigenvalue weighted by molar-refractivity contribution is 0.0982. The monoisotopic (exact) mass is 287 g/mol. The molecule has 0 spiro atoms. The van der Waals surface area contributed by atoms with E-state index in [1.807, 2.05) is 16.9 Å². The number of carbonyl (C=O) groups is 1. The van der Waals surface area contributed by atoms with Crippen molar-refractivity contribution in [2.45, 2.75) is 44.6 Å². The molecule has 1 saturated carbocycles. The molecule has 4 nitrogen and oxygen atoms in total. The van der Waals surface area contributed by atoms with Crippen molar-refractivity contribution < 1.29 is 9.18 Å². The number of rotatable bonds is 4. The fraction of sp³-hybridized carbons (Fsp3) is 0.438. The van der Waals surface area contributed by atoms with Gasteiger partial charge in [-0.3, -0.25) is 14.5 Å². The Kier molecular flexibility index (Phi) is 4.08. The molecular formula is C16H18FN3O. The van der Waals surface area contributed by atoms with E-state index in [2.05, 4.69) is 10.1 Å². The van der Waals surface area contributed by atoms with Gasteiger partial charge < -0.3 is 0 Å². The summed E-state index contributed by atoms with van der Waals surface area (Å²) in [4.78, 5) is 15.9. The van der Waals surface area contributed by atoms with Crippen molar-refractivity contribution in [3.05, 3.63) is 47.8 Å². The van der Waals surface area contributed by atoms with Crippen LogP contribution in [-0.2, 0) is 6.42 Å². The maximum absolute atomic E-state index is 13.5. The zero-order chi connectivity index (χ0) is 14.7. The van der Waals surface area contributed by atoms with Crippen LogP contribution >= 0.6 is 0 Å². The zero-order valence-corrected chi connectivity index (χ0v) is 11.8. The highest BCUT2D eigenvalue weighted by atomic mass is 19.1. The predicted octanol–water partition coefficient (Wildman–Crippen LogP) is 3.35. The maximum atomic E-state index is 13.5. The number of pyridine rings is 1. The normalized spacial score (nSPS) is 16.0. The zero-order valence-electron chi connectivity index (χ0n) is 11.8. The average Bonchev–Trinajstić information content (AvgIpc) is 2.97. The fourth-order valence-corrected chi connectivity index (χ4v) is 2.86. The lowest BCUT2D eigenvalue weighted by atomic mass is 9.96. The Hall–Kier alpha value is -2.04. The van der Waals surface area contributed by atoms with E-state index in [1.54, 1.807) is 0 Å². The van der Waals surface area contributed by atoms with E-state index in [0.29, 0.717) is 11.7 Å². The molecule has 0 aliphatic heterocycles. The van der Waals surface area contributed by atoms with E-state index in [0.717, 1.165) is 12.8 Å². The molecule has 1 aliphatic carbocycles.